The van der Waals surface area contributed by atoms with Gasteiger partial charge in [0.15, 0.2) is 0 Å². The number of aryl methyl sites for hydroxylation is 1. The maximum atomic E-state index is 12.5. The fraction of sp³-hybridized carbons (Fsp3) is 0.158. The lowest BCUT2D eigenvalue weighted by Gasteiger charge is -2.05. The second-order valence-electron chi connectivity index (χ2n) is 5.55. The molecule has 23 heavy (non-hydrogen) atoms. The molecule has 0 radical (unpaired) electrons. The van der Waals surface area contributed by atoms with Crippen molar-refractivity contribution in [3.63, 3.8) is 0 Å². The van der Waals surface area contributed by atoms with Crippen LogP contribution in [0.3, 0.4) is 0 Å². The Balaban J connectivity index is 2.20. The van der Waals surface area contributed by atoms with Crippen LogP contribution < -0.4 is 5.63 Å². The van der Waals surface area contributed by atoms with E-state index in [1.807, 2.05) is 59.3 Å². The van der Waals surface area contributed by atoms with Crippen LogP contribution in [0.2, 0.25) is 0 Å². The second-order valence-corrected chi connectivity index (χ2v) is 5.55. The van der Waals surface area contributed by atoms with Crippen molar-refractivity contribution in [1.29, 1.82) is 0 Å². The van der Waals surface area contributed by atoms with Crippen LogP contribution in [0.4, 0.5) is 0 Å². The topological polar surface area (TPSA) is 48.0 Å². The van der Waals surface area contributed by atoms with Crippen molar-refractivity contribution in [1.82, 2.24) is 9.78 Å². The monoisotopic (exact) mass is 304 g/mol. The number of para-hydroxylation sites is 2. The van der Waals surface area contributed by atoms with Gasteiger partial charge >= 0.3 is 5.63 Å². The summed E-state index contributed by atoms with van der Waals surface area (Å²) >= 11 is 0. The molecule has 0 N–H and O–H groups in total. The summed E-state index contributed by atoms with van der Waals surface area (Å²) in [6.45, 7) is 2.08. The highest BCUT2D eigenvalue weighted by molar-refractivity contribution is 6.03. The minimum atomic E-state index is -0.315. The van der Waals surface area contributed by atoms with E-state index in [9.17, 15) is 4.79 Å². The van der Waals surface area contributed by atoms with Gasteiger partial charge in [0.1, 0.15) is 11.0 Å². The Morgan fingerprint density at radius 1 is 1.04 bits per heavy atom. The number of hydrogen-bond donors (Lipinski definition) is 0. The Morgan fingerprint density at radius 2 is 1.78 bits per heavy atom. The Bertz CT molecular complexity index is 1050. The summed E-state index contributed by atoms with van der Waals surface area (Å²) in [7, 11) is 0. The van der Waals surface area contributed by atoms with Gasteiger partial charge in [0.2, 0.25) is 0 Å². The Morgan fingerprint density at radius 3 is 2.57 bits per heavy atom. The fourth-order valence-corrected chi connectivity index (χ4v) is 3.00. The molecule has 4 rings (SSSR count). The summed E-state index contributed by atoms with van der Waals surface area (Å²) in [6, 6.07) is 17.5. The van der Waals surface area contributed by atoms with E-state index < -0.39 is 0 Å². The zero-order valence-electron chi connectivity index (χ0n) is 12.8. The van der Waals surface area contributed by atoms with Crippen molar-refractivity contribution < 1.29 is 4.42 Å². The molecule has 4 heteroatoms. The van der Waals surface area contributed by atoms with E-state index in [0.717, 1.165) is 35.1 Å². The SMILES string of the molecule is CCCc1nn(-c2ccccc2)c2c1c(=O)oc1ccccc12. The van der Waals surface area contributed by atoms with Crippen molar-refractivity contribution in [2.24, 2.45) is 0 Å². The largest absolute Gasteiger partial charge is 0.422 e. The predicted molar refractivity (Wildman–Crippen MR) is 91.1 cm³/mol. The zero-order valence-corrected chi connectivity index (χ0v) is 12.8. The van der Waals surface area contributed by atoms with E-state index >= 15 is 0 Å². The fourth-order valence-electron chi connectivity index (χ4n) is 3.00. The number of fused-ring (bicyclic) bond motifs is 3. The number of aromatic nitrogens is 2. The third-order valence-corrected chi connectivity index (χ3v) is 3.99. The van der Waals surface area contributed by atoms with Crippen LogP contribution in [0.5, 0.6) is 0 Å². The lowest BCUT2D eigenvalue weighted by molar-refractivity contribution is 0.569. The van der Waals surface area contributed by atoms with Crippen molar-refractivity contribution >= 4 is 21.9 Å². The van der Waals surface area contributed by atoms with Crippen molar-refractivity contribution in [3.05, 3.63) is 70.7 Å². The maximum Gasteiger partial charge on any atom is 0.347 e. The molecule has 4 nitrogen and oxygen atoms in total. The Labute approximate surface area is 133 Å². The van der Waals surface area contributed by atoms with Gasteiger partial charge in [0.05, 0.1) is 16.9 Å². The van der Waals surface area contributed by atoms with Gasteiger partial charge in [-0.1, -0.05) is 43.7 Å². The lowest BCUT2D eigenvalue weighted by atomic mass is 10.1. The molecule has 114 valence electrons. The molecule has 0 aliphatic carbocycles. The number of nitrogens with zero attached hydrogens (tertiary/aromatic N) is 2. The zero-order chi connectivity index (χ0) is 15.8. The molecule has 0 atom stereocenters. The van der Waals surface area contributed by atoms with Crippen LogP contribution in [-0.4, -0.2) is 9.78 Å². The second kappa shape index (κ2) is 5.39. The highest BCUT2D eigenvalue weighted by atomic mass is 16.4. The molecule has 0 amide bonds. The molecule has 0 unspecified atom stereocenters. The molecule has 0 fully saturated rings. The highest BCUT2D eigenvalue weighted by Gasteiger charge is 2.18. The Hall–Kier alpha value is -2.88. The first-order valence-electron chi connectivity index (χ1n) is 7.78. The molecule has 0 aliphatic rings. The summed E-state index contributed by atoms with van der Waals surface area (Å²) in [5.74, 6) is 0. The first kappa shape index (κ1) is 13.8. The normalized spacial score (nSPS) is 11.3. The third kappa shape index (κ3) is 2.14. The molecule has 0 bridgehead atoms. The number of hydrogen-bond acceptors (Lipinski definition) is 3. The van der Waals surface area contributed by atoms with Crippen LogP contribution >= 0.6 is 0 Å². The number of benzene rings is 2. The number of rotatable bonds is 3. The minimum absolute atomic E-state index is 0.315. The summed E-state index contributed by atoms with van der Waals surface area (Å²) < 4.78 is 7.36. The highest BCUT2D eigenvalue weighted by Crippen LogP contribution is 2.27. The summed E-state index contributed by atoms with van der Waals surface area (Å²) in [4.78, 5) is 12.5. The lowest BCUT2D eigenvalue weighted by Crippen LogP contribution is -2.02. The maximum absolute atomic E-state index is 12.5. The van der Waals surface area contributed by atoms with Gasteiger partial charge < -0.3 is 4.42 Å². The minimum Gasteiger partial charge on any atom is -0.422 e. The van der Waals surface area contributed by atoms with Crippen LogP contribution in [0.25, 0.3) is 27.6 Å². The standard InChI is InChI=1S/C19H16N2O2/c1-2-8-15-17-18(21(20-15)13-9-4-3-5-10-13)14-11-6-7-12-16(14)23-19(17)22/h3-7,9-12H,2,8H2,1H3. The summed E-state index contributed by atoms with van der Waals surface area (Å²) in [5.41, 5.74) is 2.84. The molecule has 0 saturated heterocycles. The van der Waals surface area contributed by atoms with E-state index in [-0.39, 0.29) is 5.63 Å². The van der Waals surface area contributed by atoms with Crippen molar-refractivity contribution in [3.8, 4) is 5.69 Å². The van der Waals surface area contributed by atoms with Gasteiger partial charge in [-0.05, 0) is 30.7 Å². The quantitative estimate of drug-likeness (QED) is 0.536. The van der Waals surface area contributed by atoms with Crippen LogP contribution in [0.15, 0.2) is 63.8 Å². The molecule has 2 aromatic heterocycles. The molecule has 0 saturated carbocycles. The van der Waals surface area contributed by atoms with Gasteiger partial charge in [0, 0.05) is 5.39 Å². The molecule has 0 aliphatic heterocycles. The van der Waals surface area contributed by atoms with Crippen LogP contribution in [0, 0.1) is 0 Å². The smallest absolute Gasteiger partial charge is 0.347 e. The predicted octanol–water partition coefficient (Wildman–Crippen LogP) is 4.08. The van der Waals surface area contributed by atoms with Gasteiger partial charge in [-0.15, -0.1) is 0 Å². The van der Waals surface area contributed by atoms with E-state index in [0.29, 0.717) is 11.0 Å². The molecule has 0 spiro atoms. The van der Waals surface area contributed by atoms with E-state index in [1.54, 1.807) is 0 Å². The van der Waals surface area contributed by atoms with Crippen molar-refractivity contribution in [2.75, 3.05) is 0 Å². The first-order valence-corrected chi connectivity index (χ1v) is 7.78. The summed E-state index contributed by atoms with van der Waals surface area (Å²) in [5, 5.41) is 6.21. The molecule has 4 aromatic rings. The van der Waals surface area contributed by atoms with Crippen LogP contribution in [-0.2, 0) is 6.42 Å². The average Bonchev–Trinajstić information content (AvgIpc) is 2.97. The summed E-state index contributed by atoms with van der Waals surface area (Å²) in [6.07, 6.45) is 1.67. The van der Waals surface area contributed by atoms with Crippen LogP contribution in [0.1, 0.15) is 19.0 Å². The third-order valence-electron chi connectivity index (χ3n) is 3.99. The van der Waals surface area contributed by atoms with Crippen molar-refractivity contribution in [2.45, 2.75) is 19.8 Å². The Kier molecular flexibility index (Phi) is 3.23. The molecular weight excluding hydrogens is 288 g/mol. The molecule has 2 aromatic carbocycles. The first-order chi connectivity index (χ1) is 11.3. The molecule has 2 heterocycles. The van der Waals surface area contributed by atoms with E-state index in [1.165, 1.54) is 0 Å². The van der Waals surface area contributed by atoms with E-state index in [2.05, 4.69) is 6.92 Å². The molecular formula is C19H16N2O2. The van der Waals surface area contributed by atoms with E-state index in [4.69, 9.17) is 9.52 Å². The van der Waals surface area contributed by atoms with Gasteiger partial charge in [-0.3, -0.25) is 0 Å². The van der Waals surface area contributed by atoms with Gasteiger partial charge in [-0.2, -0.15) is 5.10 Å². The van der Waals surface area contributed by atoms with Gasteiger partial charge in [0.25, 0.3) is 0 Å². The van der Waals surface area contributed by atoms with Gasteiger partial charge in [-0.25, -0.2) is 9.48 Å². The average molecular weight is 304 g/mol.